The van der Waals surface area contributed by atoms with E-state index < -0.39 is 0 Å². The molecule has 3 unspecified atom stereocenters. The molecule has 0 radical (unpaired) electrons. The van der Waals surface area contributed by atoms with Crippen LogP contribution >= 0.6 is 0 Å². The maximum atomic E-state index is 13.0. The van der Waals surface area contributed by atoms with Gasteiger partial charge in [-0.05, 0) is 30.9 Å². The first-order valence-corrected chi connectivity index (χ1v) is 8.14. The number of para-hydroxylation sites is 1. The standard InChI is InChI=1S/C17H21N3O2/c21-16-9-14(13-3-1-2-4-15(13)19-16)17(22)20-8-7-11-5-6-12(10-20)18-11/h1-4,11-12,14,18H,5-10H2,(H,19,21). The van der Waals surface area contributed by atoms with Crippen LogP contribution in [0.2, 0.25) is 0 Å². The summed E-state index contributed by atoms with van der Waals surface area (Å²) in [6.07, 6.45) is 3.65. The molecule has 5 heteroatoms. The largest absolute Gasteiger partial charge is 0.341 e. The Labute approximate surface area is 130 Å². The van der Waals surface area contributed by atoms with Gasteiger partial charge in [0.1, 0.15) is 0 Å². The summed E-state index contributed by atoms with van der Waals surface area (Å²) in [6.45, 7) is 1.57. The number of carbonyl (C=O) groups excluding carboxylic acids is 2. The average molecular weight is 299 g/mol. The molecule has 2 amide bonds. The van der Waals surface area contributed by atoms with Crippen LogP contribution < -0.4 is 10.6 Å². The third-order valence-electron chi connectivity index (χ3n) is 5.13. The van der Waals surface area contributed by atoms with E-state index in [9.17, 15) is 9.59 Å². The van der Waals surface area contributed by atoms with Gasteiger partial charge in [0.25, 0.3) is 0 Å². The second-order valence-corrected chi connectivity index (χ2v) is 6.60. The van der Waals surface area contributed by atoms with Crippen molar-refractivity contribution < 1.29 is 9.59 Å². The first-order chi connectivity index (χ1) is 10.7. The van der Waals surface area contributed by atoms with Crippen molar-refractivity contribution in [2.24, 2.45) is 0 Å². The Morgan fingerprint density at radius 2 is 1.95 bits per heavy atom. The highest BCUT2D eigenvalue weighted by molar-refractivity contribution is 6.01. The molecule has 2 bridgehead atoms. The highest BCUT2D eigenvalue weighted by atomic mass is 16.2. The summed E-state index contributed by atoms with van der Waals surface area (Å²) in [7, 11) is 0. The van der Waals surface area contributed by atoms with Crippen LogP contribution in [-0.2, 0) is 9.59 Å². The lowest BCUT2D eigenvalue weighted by molar-refractivity contribution is -0.135. The van der Waals surface area contributed by atoms with Crippen LogP contribution in [0.4, 0.5) is 5.69 Å². The molecule has 22 heavy (non-hydrogen) atoms. The van der Waals surface area contributed by atoms with Crippen molar-refractivity contribution in [2.45, 2.75) is 43.7 Å². The molecule has 2 N–H and O–H groups in total. The van der Waals surface area contributed by atoms with E-state index in [0.717, 1.165) is 37.2 Å². The van der Waals surface area contributed by atoms with Crippen molar-refractivity contribution in [3.8, 4) is 0 Å². The first kappa shape index (κ1) is 13.8. The van der Waals surface area contributed by atoms with E-state index in [2.05, 4.69) is 10.6 Å². The molecule has 1 aromatic rings. The summed E-state index contributed by atoms with van der Waals surface area (Å²) in [5.74, 6) is -0.287. The van der Waals surface area contributed by atoms with Gasteiger partial charge in [0.15, 0.2) is 0 Å². The predicted molar refractivity (Wildman–Crippen MR) is 83.6 cm³/mol. The Bertz CT molecular complexity index is 616. The van der Waals surface area contributed by atoms with Crippen molar-refractivity contribution in [2.75, 3.05) is 18.4 Å². The summed E-state index contributed by atoms with van der Waals surface area (Å²) in [4.78, 5) is 26.9. The van der Waals surface area contributed by atoms with Gasteiger partial charge in [0.2, 0.25) is 11.8 Å². The highest BCUT2D eigenvalue weighted by Crippen LogP contribution is 2.34. The number of likely N-dealkylation sites (tertiary alicyclic amines) is 1. The molecular weight excluding hydrogens is 278 g/mol. The lowest BCUT2D eigenvalue weighted by atomic mass is 9.89. The van der Waals surface area contributed by atoms with Crippen LogP contribution in [0, 0.1) is 0 Å². The molecule has 0 spiro atoms. The second-order valence-electron chi connectivity index (χ2n) is 6.60. The van der Waals surface area contributed by atoms with Crippen molar-refractivity contribution >= 4 is 17.5 Å². The average Bonchev–Trinajstić information content (AvgIpc) is 2.85. The van der Waals surface area contributed by atoms with Crippen molar-refractivity contribution in [1.82, 2.24) is 10.2 Å². The Kier molecular flexibility index (Phi) is 3.37. The lowest BCUT2D eigenvalue weighted by Gasteiger charge is -2.31. The molecule has 116 valence electrons. The van der Waals surface area contributed by atoms with E-state index in [1.54, 1.807) is 0 Å². The minimum absolute atomic E-state index is 0.0634. The number of amides is 2. The number of carbonyl (C=O) groups is 2. The zero-order chi connectivity index (χ0) is 15.1. The molecule has 5 nitrogen and oxygen atoms in total. The van der Waals surface area contributed by atoms with Gasteiger partial charge < -0.3 is 15.5 Å². The number of nitrogens with zero attached hydrogens (tertiary/aromatic N) is 1. The van der Waals surface area contributed by atoms with Crippen LogP contribution in [0.15, 0.2) is 24.3 Å². The van der Waals surface area contributed by atoms with Crippen LogP contribution in [0.3, 0.4) is 0 Å². The SMILES string of the molecule is O=C1CC(C(=O)N2CCC3CCC(C2)N3)c2ccccc2N1. The van der Waals surface area contributed by atoms with Crippen LogP contribution in [0.25, 0.3) is 0 Å². The van der Waals surface area contributed by atoms with Crippen LogP contribution in [0.5, 0.6) is 0 Å². The fourth-order valence-corrected chi connectivity index (χ4v) is 4.00. The van der Waals surface area contributed by atoms with E-state index >= 15 is 0 Å². The van der Waals surface area contributed by atoms with Gasteiger partial charge in [0.05, 0.1) is 5.92 Å². The number of fused-ring (bicyclic) bond motifs is 3. The van der Waals surface area contributed by atoms with Crippen LogP contribution in [-0.4, -0.2) is 41.9 Å². The third-order valence-corrected chi connectivity index (χ3v) is 5.13. The quantitative estimate of drug-likeness (QED) is 0.825. The second kappa shape index (κ2) is 5.39. The fourth-order valence-electron chi connectivity index (χ4n) is 4.00. The summed E-state index contributed by atoms with van der Waals surface area (Å²) in [5.41, 5.74) is 1.74. The van der Waals surface area contributed by atoms with Gasteiger partial charge in [-0.15, -0.1) is 0 Å². The fraction of sp³-hybridized carbons (Fsp3) is 0.529. The number of anilines is 1. The number of hydrogen-bond acceptors (Lipinski definition) is 3. The van der Waals surface area contributed by atoms with Gasteiger partial charge >= 0.3 is 0 Å². The van der Waals surface area contributed by atoms with E-state index in [0.29, 0.717) is 12.1 Å². The third kappa shape index (κ3) is 2.39. The topological polar surface area (TPSA) is 61.4 Å². The first-order valence-electron chi connectivity index (χ1n) is 8.14. The monoisotopic (exact) mass is 299 g/mol. The molecule has 3 aliphatic rings. The predicted octanol–water partition coefficient (Wildman–Crippen LogP) is 1.47. The number of benzene rings is 1. The minimum atomic E-state index is -0.332. The van der Waals surface area contributed by atoms with Gasteiger partial charge in [0, 0.05) is 37.3 Å². The summed E-state index contributed by atoms with van der Waals surface area (Å²) in [6, 6.07) is 8.63. The zero-order valence-corrected chi connectivity index (χ0v) is 12.5. The summed E-state index contributed by atoms with van der Waals surface area (Å²) >= 11 is 0. The Balaban J connectivity index is 1.58. The minimum Gasteiger partial charge on any atom is -0.341 e. The molecule has 3 aliphatic heterocycles. The van der Waals surface area contributed by atoms with Crippen LogP contribution in [0.1, 0.15) is 37.2 Å². The van der Waals surface area contributed by atoms with E-state index in [1.807, 2.05) is 29.2 Å². The molecule has 3 atom stereocenters. The van der Waals surface area contributed by atoms with E-state index in [-0.39, 0.29) is 24.2 Å². The number of rotatable bonds is 1. The summed E-state index contributed by atoms with van der Waals surface area (Å²) in [5, 5.41) is 6.46. The highest BCUT2D eigenvalue weighted by Gasteiger charge is 2.37. The Hall–Kier alpha value is -1.88. The molecular formula is C17H21N3O2. The Morgan fingerprint density at radius 1 is 1.14 bits per heavy atom. The van der Waals surface area contributed by atoms with Crippen molar-refractivity contribution in [1.29, 1.82) is 0 Å². The van der Waals surface area contributed by atoms with Gasteiger partial charge in [-0.3, -0.25) is 9.59 Å². The summed E-state index contributed by atoms with van der Waals surface area (Å²) < 4.78 is 0. The van der Waals surface area contributed by atoms with Crippen molar-refractivity contribution in [3.63, 3.8) is 0 Å². The van der Waals surface area contributed by atoms with E-state index in [4.69, 9.17) is 0 Å². The zero-order valence-electron chi connectivity index (χ0n) is 12.5. The number of nitrogens with one attached hydrogen (secondary N) is 2. The maximum absolute atomic E-state index is 13.0. The molecule has 2 saturated heterocycles. The molecule has 0 saturated carbocycles. The van der Waals surface area contributed by atoms with Crippen molar-refractivity contribution in [3.05, 3.63) is 29.8 Å². The Morgan fingerprint density at radius 3 is 2.86 bits per heavy atom. The molecule has 2 fully saturated rings. The molecule has 0 aromatic heterocycles. The lowest BCUT2D eigenvalue weighted by Crippen LogP contribution is -2.43. The normalized spacial score (nSPS) is 30.5. The number of hydrogen-bond donors (Lipinski definition) is 2. The molecule has 4 rings (SSSR count). The van der Waals surface area contributed by atoms with E-state index in [1.165, 1.54) is 6.42 Å². The van der Waals surface area contributed by atoms with Gasteiger partial charge in [-0.2, -0.15) is 0 Å². The molecule has 3 heterocycles. The molecule has 0 aliphatic carbocycles. The van der Waals surface area contributed by atoms with Gasteiger partial charge in [-0.1, -0.05) is 18.2 Å². The molecule has 1 aromatic carbocycles. The van der Waals surface area contributed by atoms with Gasteiger partial charge in [-0.25, -0.2) is 0 Å². The smallest absolute Gasteiger partial charge is 0.230 e. The maximum Gasteiger partial charge on any atom is 0.230 e.